The van der Waals surface area contributed by atoms with E-state index in [1.54, 1.807) is 12.1 Å². The summed E-state index contributed by atoms with van der Waals surface area (Å²) in [6.07, 6.45) is 10.2. The topological polar surface area (TPSA) is 46.5 Å². The SMILES string of the molecule is CCCCCCCCCCC(=O)Oc1ccc(O)cc1. The highest BCUT2D eigenvalue weighted by atomic mass is 16.5. The van der Waals surface area contributed by atoms with Crippen LogP contribution in [0, 0.1) is 0 Å². The van der Waals surface area contributed by atoms with Crippen molar-refractivity contribution in [1.82, 2.24) is 0 Å². The fraction of sp³-hybridized carbons (Fsp3) is 0.588. The lowest BCUT2D eigenvalue weighted by molar-refractivity contribution is -0.134. The third-order valence-corrected chi connectivity index (χ3v) is 3.30. The van der Waals surface area contributed by atoms with Crippen molar-refractivity contribution >= 4 is 5.97 Å². The third kappa shape index (κ3) is 7.82. The van der Waals surface area contributed by atoms with Gasteiger partial charge in [-0.05, 0) is 30.7 Å². The number of hydrogen-bond donors (Lipinski definition) is 1. The fourth-order valence-corrected chi connectivity index (χ4v) is 2.10. The van der Waals surface area contributed by atoms with Crippen LogP contribution in [0.15, 0.2) is 24.3 Å². The molecule has 0 heterocycles. The lowest BCUT2D eigenvalue weighted by atomic mass is 10.1. The predicted molar refractivity (Wildman–Crippen MR) is 81.0 cm³/mol. The van der Waals surface area contributed by atoms with Gasteiger partial charge in [-0.1, -0.05) is 51.9 Å². The Balaban J connectivity index is 2.01. The van der Waals surface area contributed by atoms with E-state index in [-0.39, 0.29) is 11.7 Å². The van der Waals surface area contributed by atoms with Gasteiger partial charge in [0.25, 0.3) is 0 Å². The summed E-state index contributed by atoms with van der Waals surface area (Å²) in [4.78, 5) is 11.6. The number of carbonyl (C=O) groups is 1. The number of unbranched alkanes of at least 4 members (excludes halogenated alkanes) is 7. The van der Waals surface area contributed by atoms with E-state index in [9.17, 15) is 4.79 Å². The molecule has 0 atom stereocenters. The maximum absolute atomic E-state index is 11.6. The van der Waals surface area contributed by atoms with Crippen LogP contribution < -0.4 is 4.74 Å². The molecule has 0 aliphatic carbocycles. The first-order valence-corrected chi connectivity index (χ1v) is 7.72. The van der Waals surface area contributed by atoms with Gasteiger partial charge >= 0.3 is 5.97 Å². The second kappa shape index (κ2) is 10.3. The number of aromatic hydroxyl groups is 1. The van der Waals surface area contributed by atoms with Gasteiger partial charge in [0.15, 0.2) is 0 Å². The Labute approximate surface area is 122 Å². The highest BCUT2D eigenvalue weighted by molar-refractivity contribution is 5.72. The molecule has 3 nitrogen and oxygen atoms in total. The van der Waals surface area contributed by atoms with Crippen LogP contribution in [0.4, 0.5) is 0 Å². The first-order chi connectivity index (χ1) is 9.72. The molecule has 1 rings (SSSR count). The molecule has 20 heavy (non-hydrogen) atoms. The average molecular weight is 278 g/mol. The van der Waals surface area contributed by atoms with Crippen molar-refractivity contribution in [2.75, 3.05) is 0 Å². The number of esters is 1. The predicted octanol–water partition coefficient (Wildman–Crippen LogP) is 4.83. The Morgan fingerprint density at radius 3 is 2.10 bits per heavy atom. The van der Waals surface area contributed by atoms with Crippen LogP contribution in [0.25, 0.3) is 0 Å². The van der Waals surface area contributed by atoms with Crippen molar-refractivity contribution in [3.05, 3.63) is 24.3 Å². The van der Waals surface area contributed by atoms with E-state index in [2.05, 4.69) is 6.92 Å². The summed E-state index contributed by atoms with van der Waals surface area (Å²) in [7, 11) is 0. The van der Waals surface area contributed by atoms with E-state index in [0.717, 1.165) is 12.8 Å². The highest BCUT2D eigenvalue weighted by Crippen LogP contribution is 2.17. The van der Waals surface area contributed by atoms with Crippen molar-refractivity contribution < 1.29 is 14.6 Å². The largest absolute Gasteiger partial charge is 0.508 e. The fourth-order valence-electron chi connectivity index (χ4n) is 2.10. The van der Waals surface area contributed by atoms with Gasteiger partial charge < -0.3 is 9.84 Å². The van der Waals surface area contributed by atoms with Gasteiger partial charge in [0.1, 0.15) is 11.5 Å². The first kappa shape index (κ1) is 16.5. The van der Waals surface area contributed by atoms with Crippen molar-refractivity contribution in [2.45, 2.75) is 64.7 Å². The number of phenols is 1. The van der Waals surface area contributed by atoms with E-state index in [1.807, 2.05) is 0 Å². The van der Waals surface area contributed by atoms with Crippen molar-refractivity contribution in [3.8, 4) is 11.5 Å². The Morgan fingerprint density at radius 2 is 1.50 bits per heavy atom. The molecule has 0 fully saturated rings. The molecule has 0 radical (unpaired) electrons. The minimum absolute atomic E-state index is 0.174. The number of carbonyl (C=O) groups excluding carboxylic acids is 1. The molecule has 0 saturated heterocycles. The normalized spacial score (nSPS) is 10.4. The molecule has 1 aromatic carbocycles. The maximum Gasteiger partial charge on any atom is 0.311 e. The molecule has 0 aliphatic heterocycles. The Kier molecular flexibility index (Phi) is 8.52. The van der Waals surface area contributed by atoms with E-state index in [1.165, 1.54) is 50.7 Å². The van der Waals surface area contributed by atoms with Gasteiger partial charge in [0.2, 0.25) is 0 Å². The van der Waals surface area contributed by atoms with Crippen LogP contribution in [0.5, 0.6) is 11.5 Å². The summed E-state index contributed by atoms with van der Waals surface area (Å²) in [5.41, 5.74) is 0. The molecule has 0 aromatic heterocycles. The van der Waals surface area contributed by atoms with Crippen molar-refractivity contribution in [3.63, 3.8) is 0 Å². The summed E-state index contributed by atoms with van der Waals surface area (Å²) in [5, 5.41) is 9.13. The van der Waals surface area contributed by atoms with Gasteiger partial charge in [-0.25, -0.2) is 0 Å². The standard InChI is InChI=1S/C17H26O3/c1-2-3-4-5-6-7-8-9-10-17(19)20-16-13-11-15(18)12-14-16/h11-14,18H,2-10H2,1H3. The number of benzene rings is 1. The van der Waals surface area contributed by atoms with Crippen LogP contribution >= 0.6 is 0 Å². The highest BCUT2D eigenvalue weighted by Gasteiger charge is 2.04. The Bertz CT molecular complexity index is 370. The first-order valence-electron chi connectivity index (χ1n) is 7.72. The van der Waals surface area contributed by atoms with Gasteiger partial charge in [-0.15, -0.1) is 0 Å². The maximum atomic E-state index is 11.6. The van der Waals surface area contributed by atoms with E-state index >= 15 is 0 Å². The van der Waals surface area contributed by atoms with Crippen molar-refractivity contribution in [1.29, 1.82) is 0 Å². The zero-order valence-electron chi connectivity index (χ0n) is 12.4. The van der Waals surface area contributed by atoms with Gasteiger partial charge in [0, 0.05) is 6.42 Å². The average Bonchev–Trinajstić information content (AvgIpc) is 2.44. The van der Waals surface area contributed by atoms with Crippen LogP contribution in [-0.2, 0) is 4.79 Å². The molecule has 112 valence electrons. The number of rotatable bonds is 10. The Morgan fingerprint density at radius 1 is 0.950 bits per heavy atom. The van der Waals surface area contributed by atoms with Crippen LogP contribution in [0.2, 0.25) is 0 Å². The van der Waals surface area contributed by atoms with Crippen LogP contribution in [0.3, 0.4) is 0 Å². The number of phenolic OH excluding ortho intramolecular Hbond substituents is 1. The molecule has 0 aliphatic rings. The summed E-state index contributed by atoms with van der Waals surface area (Å²) < 4.78 is 5.18. The molecular weight excluding hydrogens is 252 g/mol. The summed E-state index contributed by atoms with van der Waals surface area (Å²) in [6.45, 7) is 2.22. The second-order valence-corrected chi connectivity index (χ2v) is 5.19. The third-order valence-electron chi connectivity index (χ3n) is 3.30. The minimum atomic E-state index is -0.193. The Hall–Kier alpha value is -1.51. The summed E-state index contributed by atoms with van der Waals surface area (Å²) in [6, 6.07) is 6.22. The molecule has 0 spiro atoms. The lowest BCUT2D eigenvalue weighted by Gasteiger charge is -2.04. The molecule has 0 saturated carbocycles. The van der Waals surface area contributed by atoms with E-state index < -0.39 is 0 Å². The number of hydrogen-bond acceptors (Lipinski definition) is 3. The molecule has 0 unspecified atom stereocenters. The zero-order valence-corrected chi connectivity index (χ0v) is 12.4. The van der Waals surface area contributed by atoms with Gasteiger partial charge in [0.05, 0.1) is 0 Å². The molecule has 0 bridgehead atoms. The smallest absolute Gasteiger partial charge is 0.311 e. The summed E-state index contributed by atoms with van der Waals surface area (Å²) in [5.74, 6) is 0.474. The van der Waals surface area contributed by atoms with Crippen molar-refractivity contribution in [2.24, 2.45) is 0 Å². The molecule has 3 heteroatoms. The molecule has 1 N–H and O–H groups in total. The molecule has 0 amide bonds. The van der Waals surface area contributed by atoms with Crippen LogP contribution in [-0.4, -0.2) is 11.1 Å². The summed E-state index contributed by atoms with van der Waals surface area (Å²) >= 11 is 0. The second-order valence-electron chi connectivity index (χ2n) is 5.19. The molecule has 1 aromatic rings. The van der Waals surface area contributed by atoms with Crippen LogP contribution in [0.1, 0.15) is 64.7 Å². The monoisotopic (exact) mass is 278 g/mol. The van der Waals surface area contributed by atoms with Gasteiger partial charge in [-0.3, -0.25) is 4.79 Å². The lowest BCUT2D eigenvalue weighted by Crippen LogP contribution is -2.07. The molecular formula is C17H26O3. The quantitative estimate of drug-likeness (QED) is 0.379. The minimum Gasteiger partial charge on any atom is -0.508 e. The van der Waals surface area contributed by atoms with E-state index in [0.29, 0.717) is 12.2 Å². The number of ether oxygens (including phenoxy) is 1. The zero-order chi connectivity index (χ0) is 14.6. The van der Waals surface area contributed by atoms with E-state index in [4.69, 9.17) is 9.84 Å². The van der Waals surface area contributed by atoms with Gasteiger partial charge in [-0.2, -0.15) is 0 Å².